The molecule has 2 aromatic heterocycles. The minimum atomic E-state index is -0.572. The third-order valence-corrected chi connectivity index (χ3v) is 4.00. The molecule has 0 aliphatic heterocycles. The number of benzene rings is 1. The summed E-state index contributed by atoms with van der Waals surface area (Å²) in [5, 5.41) is 9.40. The molecule has 10 heteroatoms. The molecule has 0 fully saturated rings. The number of nitrogens with two attached hydrogens (primary N) is 2. The first-order valence-corrected chi connectivity index (χ1v) is 8.87. The molecule has 0 saturated carbocycles. The molecule has 0 aliphatic rings. The molecule has 10 nitrogen and oxygen atoms in total. The molecule has 0 saturated heterocycles. The molecule has 0 amide bonds. The van der Waals surface area contributed by atoms with E-state index in [1.807, 2.05) is 13.0 Å². The van der Waals surface area contributed by atoms with Crippen molar-refractivity contribution in [2.45, 2.75) is 13.5 Å². The van der Waals surface area contributed by atoms with E-state index in [0.29, 0.717) is 35.1 Å². The van der Waals surface area contributed by atoms with Crippen LogP contribution in [0.5, 0.6) is 11.5 Å². The summed E-state index contributed by atoms with van der Waals surface area (Å²) < 4.78 is 21.4. The fraction of sp³-hybridized carbons (Fsp3) is 0.200. The highest BCUT2D eigenvalue weighted by Crippen LogP contribution is 2.35. The molecule has 2 heterocycles. The highest BCUT2D eigenvalue weighted by molar-refractivity contribution is 5.86. The van der Waals surface area contributed by atoms with Crippen LogP contribution in [-0.2, 0) is 11.3 Å². The molecule has 0 radical (unpaired) electrons. The van der Waals surface area contributed by atoms with Crippen LogP contribution in [0, 0.1) is 11.3 Å². The van der Waals surface area contributed by atoms with Crippen LogP contribution in [0.3, 0.4) is 0 Å². The standard InChI is InChI=1S/C20H19N5O5/c1-3-28-16-8-11(17-13(9-21)18(22)25-20(23)24-17)4-6-14(16)29-10-12-5-7-15(30-12)19(26)27-2/h4-8H,3,10H2,1-2H3,(H4,22,23,24,25). The molecule has 0 spiro atoms. The molecule has 3 aromatic rings. The van der Waals surface area contributed by atoms with Gasteiger partial charge in [0, 0.05) is 5.56 Å². The number of aromatic nitrogens is 2. The number of rotatable bonds is 7. The van der Waals surface area contributed by atoms with E-state index >= 15 is 0 Å². The van der Waals surface area contributed by atoms with E-state index in [9.17, 15) is 10.1 Å². The van der Waals surface area contributed by atoms with E-state index in [1.165, 1.54) is 13.2 Å². The van der Waals surface area contributed by atoms with Gasteiger partial charge in [0.15, 0.2) is 11.5 Å². The number of furan rings is 1. The van der Waals surface area contributed by atoms with Crippen molar-refractivity contribution >= 4 is 17.7 Å². The van der Waals surface area contributed by atoms with Crippen LogP contribution in [0.15, 0.2) is 34.7 Å². The molecule has 0 aliphatic carbocycles. The van der Waals surface area contributed by atoms with E-state index in [1.54, 1.807) is 24.3 Å². The Labute approximate surface area is 172 Å². The number of nitriles is 1. The summed E-state index contributed by atoms with van der Waals surface area (Å²) in [6, 6.07) is 10.1. The summed E-state index contributed by atoms with van der Waals surface area (Å²) in [6.45, 7) is 2.27. The van der Waals surface area contributed by atoms with E-state index in [0.717, 1.165) is 0 Å². The maximum atomic E-state index is 11.5. The van der Waals surface area contributed by atoms with Crippen molar-refractivity contribution < 1.29 is 23.4 Å². The fourth-order valence-corrected chi connectivity index (χ4v) is 2.67. The van der Waals surface area contributed by atoms with Crippen molar-refractivity contribution in [2.24, 2.45) is 0 Å². The third-order valence-electron chi connectivity index (χ3n) is 4.00. The number of nitrogen functional groups attached to an aromatic ring is 2. The molecule has 154 valence electrons. The number of ether oxygens (including phenoxy) is 3. The topological polar surface area (TPSA) is 160 Å². The van der Waals surface area contributed by atoms with Gasteiger partial charge in [0.2, 0.25) is 11.7 Å². The highest BCUT2D eigenvalue weighted by atomic mass is 16.5. The maximum Gasteiger partial charge on any atom is 0.373 e. The van der Waals surface area contributed by atoms with Gasteiger partial charge in [-0.15, -0.1) is 0 Å². The predicted molar refractivity (Wildman–Crippen MR) is 107 cm³/mol. The van der Waals surface area contributed by atoms with Crippen molar-refractivity contribution in [1.82, 2.24) is 9.97 Å². The number of hydrogen-bond donors (Lipinski definition) is 2. The molecule has 0 bridgehead atoms. The summed E-state index contributed by atoms with van der Waals surface area (Å²) in [7, 11) is 1.27. The van der Waals surface area contributed by atoms with E-state index in [4.69, 9.17) is 25.4 Å². The number of esters is 1. The van der Waals surface area contributed by atoms with Crippen LogP contribution < -0.4 is 20.9 Å². The Balaban J connectivity index is 1.88. The summed E-state index contributed by atoms with van der Waals surface area (Å²) in [5.74, 6) is 0.762. The second kappa shape index (κ2) is 8.83. The van der Waals surface area contributed by atoms with Crippen molar-refractivity contribution in [3.05, 3.63) is 47.4 Å². The van der Waals surface area contributed by atoms with Gasteiger partial charge in [0.25, 0.3) is 0 Å². The molecule has 4 N–H and O–H groups in total. The molecule has 3 rings (SSSR count). The van der Waals surface area contributed by atoms with Gasteiger partial charge in [0.1, 0.15) is 29.8 Å². The smallest absolute Gasteiger partial charge is 0.373 e. The van der Waals surface area contributed by atoms with Crippen molar-refractivity contribution in [3.63, 3.8) is 0 Å². The van der Waals surface area contributed by atoms with Crippen LogP contribution in [0.2, 0.25) is 0 Å². The van der Waals surface area contributed by atoms with Crippen LogP contribution >= 0.6 is 0 Å². The van der Waals surface area contributed by atoms with Gasteiger partial charge in [0.05, 0.1) is 19.4 Å². The molecule has 1 aromatic carbocycles. The number of carbonyl (C=O) groups excluding carboxylic acids is 1. The normalized spacial score (nSPS) is 10.3. The van der Waals surface area contributed by atoms with Gasteiger partial charge in [-0.05, 0) is 37.3 Å². The number of nitrogens with zero attached hydrogens (tertiary/aromatic N) is 3. The lowest BCUT2D eigenvalue weighted by molar-refractivity contribution is 0.0561. The Morgan fingerprint density at radius 3 is 2.67 bits per heavy atom. The van der Waals surface area contributed by atoms with E-state index in [-0.39, 0.29) is 29.7 Å². The van der Waals surface area contributed by atoms with Gasteiger partial charge < -0.3 is 30.1 Å². The van der Waals surface area contributed by atoms with Gasteiger partial charge in [-0.25, -0.2) is 9.78 Å². The fourth-order valence-electron chi connectivity index (χ4n) is 2.67. The summed E-state index contributed by atoms with van der Waals surface area (Å²) in [4.78, 5) is 19.4. The van der Waals surface area contributed by atoms with E-state index in [2.05, 4.69) is 14.7 Å². The Hall–Kier alpha value is -4.26. The number of methoxy groups -OCH3 is 1. The number of hydrogen-bond acceptors (Lipinski definition) is 10. The first-order valence-electron chi connectivity index (χ1n) is 8.87. The lowest BCUT2D eigenvalue weighted by Gasteiger charge is -2.13. The maximum absolute atomic E-state index is 11.5. The SMILES string of the molecule is CCOc1cc(-c2nc(N)nc(N)c2C#N)ccc1OCc1ccc(C(=O)OC)o1. The molecular formula is C20H19N5O5. The van der Waals surface area contributed by atoms with Gasteiger partial charge in [-0.3, -0.25) is 0 Å². The Morgan fingerprint density at radius 1 is 1.17 bits per heavy atom. The van der Waals surface area contributed by atoms with Crippen molar-refractivity contribution in [1.29, 1.82) is 5.26 Å². The zero-order chi connectivity index (χ0) is 21.7. The molecule has 30 heavy (non-hydrogen) atoms. The summed E-state index contributed by atoms with van der Waals surface area (Å²) in [5.41, 5.74) is 12.4. The third kappa shape index (κ3) is 4.25. The average Bonchev–Trinajstić information content (AvgIpc) is 3.21. The summed E-state index contributed by atoms with van der Waals surface area (Å²) in [6.07, 6.45) is 0. The number of carbonyl (C=O) groups is 1. The van der Waals surface area contributed by atoms with Crippen molar-refractivity contribution in [2.75, 3.05) is 25.2 Å². The second-order valence-corrected chi connectivity index (χ2v) is 5.94. The first kappa shape index (κ1) is 20.5. The van der Waals surface area contributed by atoms with Crippen LogP contribution in [0.25, 0.3) is 11.3 Å². The van der Waals surface area contributed by atoms with Gasteiger partial charge >= 0.3 is 5.97 Å². The van der Waals surface area contributed by atoms with Gasteiger partial charge in [-0.1, -0.05) is 0 Å². The zero-order valence-corrected chi connectivity index (χ0v) is 16.3. The van der Waals surface area contributed by atoms with Crippen LogP contribution in [-0.4, -0.2) is 29.7 Å². The van der Waals surface area contributed by atoms with Crippen molar-refractivity contribution in [3.8, 4) is 28.8 Å². The zero-order valence-electron chi connectivity index (χ0n) is 16.3. The monoisotopic (exact) mass is 409 g/mol. The molecule has 0 unspecified atom stereocenters. The Morgan fingerprint density at radius 2 is 1.97 bits per heavy atom. The Bertz CT molecular complexity index is 1120. The average molecular weight is 409 g/mol. The highest BCUT2D eigenvalue weighted by Gasteiger charge is 2.17. The van der Waals surface area contributed by atoms with Crippen LogP contribution in [0.1, 0.15) is 28.8 Å². The largest absolute Gasteiger partial charge is 0.490 e. The predicted octanol–water partition coefficient (Wildman–Crippen LogP) is 2.54. The quantitative estimate of drug-likeness (QED) is 0.555. The Kier molecular flexibility index (Phi) is 6.03. The first-order chi connectivity index (χ1) is 14.5. The van der Waals surface area contributed by atoms with Gasteiger partial charge in [-0.2, -0.15) is 10.2 Å². The summed E-state index contributed by atoms with van der Waals surface area (Å²) >= 11 is 0. The molecular weight excluding hydrogens is 390 g/mol. The lowest BCUT2D eigenvalue weighted by Crippen LogP contribution is -2.05. The second-order valence-electron chi connectivity index (χ2n) is 5.94. The number of anilines is 2. The molecule has 0 atom stereocenters. The lowest BCUT2D eigenvalue weighted by atomic mass is 10.1. The minimum absolute atomic E-state index is 0.00230. The minimum Gasteiger partial charge on any atom is -0.490 e. The van der Waals surface area contributed by atoms with E-state index < -0.39 is 5.97 Å². The van der Waals surface area contributed by atoms with Crippen LogP contribution in [0.4, 0.5) is 11.8 Å².